The molecular formula is C7H6F4N2O. The number of aromatic nitrogens is 1. The topological polar surface area (TPSA) is 48.1 Å². The van der Waals surface area contributed by atoms with E-state index in [0.29, 0.717) is 0 Å². The molecule has 0 bridgehead atoms. The van der Waals surface area contributed by atoms with Crippen molar-refractivity contribution in [1.29, 1.82) is 0 Å². The monoisotopic (exact) mass is 210 g/mol. The van der Waals surface area contributed by atoms with E-state index in [2.05, 4.69) is 9.72 Å². The molecule has 0 atom stereocenters. The number of halogens is 4. The highest BCUT2D eigenvalue weighted by Gasteiger charge is 2.32. The third-order valence-corrected chi connectivity index (χ3v) is 1.34. The first-order valence-electron chi connectivity index (χ1n) is 3.53. The van der Waals surface area contributed by atoms with Gasteiger partial charge in [-0.1, -0.05) is 0 Å². The minimum Gasteiger partial charge on any atom is -0.388 e. The molecule has 0 aliphatic carbocycles. The van der Waals surface area contributed by atoms with Crippen molar-refractivity contribution in [3.05, 3.63) is 23.6 Å². The van der Waals surface area contributed by atoms with Gasteiger partial charge in [-0.15, -0.1) is 13.2 Å². The molecule has 78 valence electrons. The van der Waals surface area contributed by atoms with Crippen LogP contribution in [0.1, 0.15) is 5.56 Å². The third kappa shape index (κ3) is 2.84. The quantitative estimate of drug-likeness (QED) is 0.595. The maximum atomic E-state index is 12.8. The van der Waals surface area contributed by atoms with Gasteiger partial charge >= 0.3 is 6.36 Å². The third-order valence-electron chi connectivity index (χ3n) is 1.34. The van der Waals surface area contributed by atoms with Crippen molar-refractivity contribution in [2.75, 3.05) is 0 Å². The van der Waals surface area contributed by atoms with Gasteiger partial charge in [-0.3, -0.25) is 0 Å². The predicted octanol–water partition coefficient (Wildman–Crippen LogP) is 1.58. The second-order valence-electron chi connectivity index (χ2n) is 2.35. The van der Waals surface area contributed by atoms with Crippen molar-refractivity contribution in [1.82, 2.24) is 4.98 Å². The molecule has 2 N–H and O–H groups in total. The van der Waals surface area contributed by atoms with Crippen LogP contribution in [0.4, 0.5) is 17.6 Å². The Morgan fingerprint density at radius 2 is 2.00 bits per heavy atom. The van der Waals surface area contributed by atoms with Gasteiger partial charge in [0, 0.05) is 18.2 Å². The van der Waals surface area contributed by atoms with E-state index < -0.39 is 18.2 Å². The van der Waals surface area contributed by atoms with Gasteiger partial charge in [-0.2, -0.15) is 9.37 Å². The summed E-state index contributed by atoms with van der Waals surface area (Å²) >= 11 is 0. The highest BCUT2D eigenvalue weighted by molar-refractivity contribution is 5.19. The molecule has 7 heteroatoms. The van der Waals surface area contributed by atoms with E-state index in [0.717, 1.165) is 12.1 Å². The summed E-state index contributed by atoms with van der Waals surface area (Å²) in [6, 6.07) is 1.99. The molecule has 0 saturated carbocycles. The van der Waals surface area contributed by atoms with E-state index >= 15 is 0 Å². The fourth-order valence-corrected chi connectivity index (χ4v) is 0.774. The Labute approximate surface area is 76.5 Å². The number of hydrogen-bond acceptors (Lipinski definition) is 3. The Hall–Kier alpha value is -1.37. The molecule has 0 unspecified atom stereocenters. The molecule has 14 heavy (non-hydrogen) atoms. The zero-order valence-corrected chi connectivity index (χ0v) is 6.81. The summed E-state index contributed by atoms with van der Waals surface area (Å²) in [5.41, 5.74) is 5.11. The van der Waals surface area contributed by atoms with Crippen LogP contribution in [0.15, 0.2) is 12.1 Å². The molecule has 0 saturated heterocycles. The number of nitrogens with zero attached hydrogens (tertiary/aromatic N) is 1. The molecular weight excluding hydrogens is 204 g/mol. The smallest absolute Gasteiger partial charge is 0.388 e. The van der Waals surface area contributed by atoms with Gasteiger partial charge in [-0.05, 0) is 6.07 Å². The first-order chi connectivity index (χ1) is 6.42. The molecule has 1 heterocycles. The second-order valence-corrected chi connectivity index (χ2v) is 2.35. The summed E-state index contributed by atoms with van der Waals surface area (Å²) < 4.78 is 51.1. The second kappa shape index (κ2) is 3.79. The van der Waals surface area contributed by atoms with Crippen LogP contribution >= 0.6 is 0 Å². The molecule has 1 rings (SSSR count). The Morgan fingerprint density at radius 1 is 1.36 bits per heavy atom. The number of ether oxygens (including phenoxy) is 1. The maximum Gasteiger partial charge on any atom is 0.574 e. The van der Waals surface area contributed by atoms with Crippen molar-refractivity contribution < 1.29 is 22.3 Å². The highest BCUT2D eigenvalue weighted by Crippen LogP contribution is 2.21. The van der Waals surface area contributed by atoms with Crippen molar-refractivity contribution in [3.63, 3.8) is 0 Å². The molecule has 0 aliphatic heterocycles. The van der Waals surface area contributed by atoms with Gasteiger partial charge in [0.05, 0.1) is 0 Å². The highest BCUT2D eigenvalue weighted by atomic mass is 19.4. The summed E-state index contributed by atoms with van der Waals surface area (Å²) in [5, 5.41) is 0. The molecule has 0 fully saturated rings. The first kappa shape index (κ1) is 10.7. The van der Waals surface area contributed by atoms with Crippen LogP contribution in [0.25, 0.3) is 0 Å². The predicted molar refractivity (Wildman–Crippen MR) is 38.8 cm³/mol. The SMILES string of the molecule is NCc1ccc(OC(F)(F)F)nc1F. The fourth-order valence-electron chi connectivity index (χ4n) is 0.774. The molecule has 0 spiro atoms. The van der Waals surface area contributed by atoms with Crippen LogP contribution in [-0.2, 0) is 6.54 Å². The lowest BCUT2D eigenvalue weighted by Gasteiger charge is -2.08. The number of alkyl halides is 3. The summed E-state index contributed by atoms with van der Waals surface area (Å²) in [6.07, 6.45) is -4.87. The zero-order valence-electron chi connectivity index (χ0n) is 6.81. The average molecular weight is 210 g/mol. The van der Waals surface area contributed by atoms with Crippen LogP contribution in [0.2, 0.25) is 0 Å². The standard InChI is InChI=1S/C7H6F4N2O/c8-6-4(3-12)1-2-5(13-6)14-7(9,10)11/h1-2H,3,12H2. The molecule has 0 radical (unpaired) electrons. The van der Waals surface area contributed by atoms with Gasteiger partial charge in [0.15, 0.2) is 0 Å². The minimum atomic E-state index is -4.87. The molecule has 0 amide bonds. The van der Waals surface area contributed by atoms with E-state index in [1.807, 2.05) is 0 Å². The fraction of sp³-hybridized carbons (Fsp3) is 0.286. The Morgan fingerprint density at radius 3 is 2.43 bits per heavy atom. The van der Waals surface area contributed by atoms with Crippen LogP contribution < -0.4 is 10.5 Å². The van der Waals surface area contributed by atoms with E-state index in [-0.39, 0.29) is 12.1 Å². The maximum absolute atomic E-state index is 12.8. The minimum absolute atomic E-state index is 0.0273. The van der Waals surface area contributed by atoms with Gasteiger partial charge in [0.1, 0.15) is 0 Å². The van der Waals surface area contributed by atoms with Gasteiger partial charge in [0.2, 0.25) is 11.8 Å². The van der Waals surface area contributed by atoms with E-state index in [1.165, 1.54) is 0 Å². The normalized spacial score (nSPS) is 11.5. The lowest BCUT2D eigenvalue weighted by atomic mass is 10.3. The average Bonchev–Trinajstić information content (AvgIpc) is 2.01. The number of nitrogens with two attached hydrogens (primary N) is 1. The van der Waals surface area contributed by atoms with Crippen molar-refractivity contribution in [2.24, 2.45) is 5.73 Å². The number of pyridine rings is 1. The summed E-state index contributed by atoms with van der Waals surface area (Å²) in [6.45, 7) is -0.134. The molecule has 3 nitrogen and oxygen atoms in total. The van der Waals surface area contributed by atoms with Crippen molar-refractivity contribution in [2.45, 2.75) is 12.9 Å². The van der Waals surface area contributed by atoms with Crippen LogP contribution in [-0.4, -0.2) is 11.3 Å². The summed E-state index contributed by atoms with van der Waals surface area (Å²) in [4.78, 5) is 2.94. The van der Waals surface area contributed by atoms with E-state index in [9.17, 15) is 17.6 Å². The van der Waals surface area contributed by atoms with Crippen LogP contribution in [0, 0.1) is 5.95 Å². The van der Waals surface area contributed by atoms with Crippen molar-refractivity contribution >= 4 is 0 Å². The zero-order chi connectivity index (χ0) is 10.8. The molecule has 0 aromatic carbocycles. The Bertz CT molecular complexity index is 326. The van der Waals surface area contributed by atoms with E-state index in [4.69, 9.17) is 5.73 Å². The van der Waals surface area contributed by atoms with Crippen LogP contribution in [0.5, 0.6) is 5.88 Å². The van der Waals surface area contributed by atoms with Crippen molar-refractivity contribution in [3.8, 4) is 5.88 Å². The summed E-state index contributed by atoms with van der Waals surface area (Å²) in [5.74, 6) is -1.90. The Balaban J connectivity index is 2.87. The first-order valence-corrected chi connectivity index (χ1v) is 3.53. The van der Waals surface area contributed by atoms with Gasteiger partial charge < -0.3 is 10.5 Å². The molecule has 0 aliphatic rings. The molecule has 1 aromatic heterocycles. The van der Waals surface area contributed by atoms with E-state index in [1.54, 1.807) is 0 Å². The van der Waals surface area contributed by atoms with Gasteiger partial charge in [-0.25, -0.2) is 0 Å². The van der Waals surface area contributed by atoms with Crippen LogP contribution in [0.3, 0.4) is 0 Å². The molecule has 1 aromatic rings. The number of hydrogen-bond donors (Lipinski definition) is 1. The Kier molecular flexibility index (Phi) is 2.90. The largest absolute Gasteiger partial charge is 0.574 e. The summed E-state index contributed by atoms with van der Waals surface area (Å²) in [7, 11) is 0. The lowest BCUT2D eigenvalue weighted by Crippen LogP contribution is -2.18. The van der Waals surface area contributed by atoms with Gasteiger partial charge in [0.25, 0.3) is 0 Å². The lowest BCUT2D eigenvalue weighted by molar-refractivity contribution is -0.276. The number of rotatable bonds is 2.